The SMILES string of the molecule is CSc1ccc(-c2cnc(-c3cccnc3)s2)cc1. The van der Waals surface area contributed by atoms with Crippen molar-refractivity contribution in [2.45, 2.75) is 4.90 Å². The van der Waals surface area contributed by atoms with Gasteiger partial charge < -0.3 is 0 Å². The molecule has 19 heavy (non-hydrogen) atoms. The molecule has 4 heteroatoms. The van der Waals surface area contributed by atoms with Gasteiger partial charge in [0.05, 0.1) is 4.88 Å². The Morgan fingerprint density at radius 2 is 1.84 bits per heavy atom. The van der Waals surface area contributed by atoms with Crippen LogP contribution in [0.15, 0.2) is 59.9 Å². The molecule has 0 atom stereocenters. The van der Waals surface area contributed by atoms with Gasteiger partial charge in [-0.15, -0.1) is 23.1 Å². The second kappa shape index (κ2) is 5.55. The van der Waals surface area contributed by atoms with Gasteiger partial charge in [0.2, 0.25) is 0 Å². The second-order valence-corrected chi connectivity index (χ2v) is 5.91. The Hall–Kier alpha value is -1.65. The first-order chi connectivity index (χ1) is 9.36. The number of hydrogen-bond donors (Lipinski definition) is 0. The zero-order valence-electron chi connectivity index (χ0n) is 10.4. The van der Waals surface area contributed by atoms with Gasteiger partial charge in [0.15, 0.2) is 0 Å². The van der Waals surface area contributed by atoms with E-state index in [1.165, 1.54) is 15.3 Å². The highest BCUT2D eigenvalue weighted by Gasteiger charge is 2.06. The average Bonchev–Trinajstić information content (AvgIpc) is 2.98. The molecule has 2 aromatic heterocycles. The van der Waals surface area contributed by atoms with Crippen LogP contribution in [0.1, 0.15) is 0 Å². The molecule has 0 fully saturated rings. The topological polar surface area (TPSA) is 25.8 Å². The van der Waals surface area contributed by atoms with Crippen molar-refractivity contribution in [3.63, 3.8) is 0 Å². The smallest absolute Gasteiger partial charge is 0.125 e. The molecule has 2 heterocycles. The third-order valence-corrected chi connectivity index (χ3v) is 4.63. The molecule has 0 spiro atoms. The zero-order chi connectivity index (χ0) is 13.1. The van der Waals surface area contributed by atoms with Crippen LogP contribution >= 0.6 is 23.1 Å². The van der Waals surface area contributed by atoms with E-state index in [-0.39, 0.29) is 0 Å². The molecule has 0 amide bonds. The molecule has 94 valence electrons. The number of pyridine rings is 1. The zero-order valence-corrected chi connectivity index (χ0v) is 12.0. The maximum atomic E-state index is 4.48. The predicted molar refractivity (Wildman–Crippen MR) is 82.6 cm³/mol. The number of hydrogen-bond acceptors (Lipinski definition) is 4. The number of thiazole rings is 1. The quantitative estimate of drug-likeness (QED) is 0.658. The van der Waals surface area contributed by atoms with E-state index in [1.54, 1.807) is 29.3 Å². The van der Waals surface area contributed by atoms with E-state index in [0.717, 1.165) is 10.6 Å². The lowest BCUT2D eigenvalue weighted by atomic mass is 10.2. The molecule has 0 aliphatic carbocycles. The maximum absolute atomic E-state index is 4.48. The van der Waals surface area contributed by atoms with Gasteiger partial charge in [-0.1, -0.05) is 12.1 Å². The molecular weight excluding hydrogens is 272 g/mol. The van der Waals surface area contributed by atoms with Crippen molar-refractivity contribution in [2.24, 2.45) is 0 Å². The van der Waals surface area contributed by atoms with Crippen LogP contribution in [0, 0.1) is 0 Å². The molecule has 3 rings (SSSR count). The van der Waals surface area contributed by atoms with Crippen LogP contribution in [0.5, 0.6) is 0 Å². The molecule has 1 aromatic carbocycles. The molecule has 3 aromatic rings. The summed E-state index contributed by atoms with van der Waals surface area (Å²) in [4.78, 5) is 11.1. The molecule has 0 saturated heterocycles. The summed E-state index contributed by atoms with van der Waals surface area (Å²) in [7, 11) is 0. The van der Waals surface area contributed by atoms with Crippen LogP contribution < -0.4 is 0 Å². The molecule has 0 radical (unpaired) electrons. The van der Waals surface area contributed by atoms with Crippen molar-refractivity contribution in [3.05, 3.63) is 55.0 Å². The lowest BCUT2D eigenvalue weighted by Crippen LogP contribution is -1.75. The standard InChI is InChI=1S/C15H12N2S2/c1-18-13-6-4-11(5-7-13)14-10-17-15(19-14)12-3-2-8-16-9-12/h2-10H,1H3. The minimum Gasteiger partial charge on any atom is -0.264 e. The Bertz CT molecular complexity index is 660. The molecular formula is C15H12N2S2. The fraction of sp³-hybridized carbons (Fsp3) is 0.0667. The monoisotopic (exact) mass is 284 g/mol. The summed E-state index contributed by atoms with van der Waals surface area (Å²) >= 11 is 3.45. The summed E-state index contributed by atoms with van der Waals surface area (Å²) in [6, 6.07) is 12.5. The fourth-order valence-electron chi connectivity index (χ4n) is 1.79. The van der Waals surface area contributed by atoms with Crippen LogP contribution in [0.4, 0.5) is 0 Å². The van der Waals surface area contributed by atoms with Crippen molar-refractivity contribution in [1.82, 2.24) is 9.97 Å². The summed E-state index contributed by atoms with van der Waals surface area (Å²) < 4.78 is 0. The van der Waals surface area contributed by atoms with E-state index in [9.17, 15) is 0 Å². The van der Waals surface area contributed by atoms with Crippen molar-refractivity contribution in [3.8, 4) is 21.0 Å². The normalized spacial score (nSPS) is 10.6. The van der Waals surface area contributed by atoms with Crippen LogP contribution in [0.25, 0.3) is 21.0 Å². The van der Waals surface area contributed by atoms with E-state index in [2.05, 4.69) is 40.5 Å². The average molecular weight is 284 g/mol. The number of benzene rings is 1. The lowest BCUT2D eigenvalue weighted by Gasteiger charge is -1.98. The minimum absolute atomic E-state index is 1.01. The Labute approximate surface area is 120 Å². The molecule has 0 unspecified atom stereocenters. The largest absolute Gasteiger partial charge is 0.264 e. The van der Waals surface area contributed by atoms with Crippen LogP contribution in [-0.4, -0.2) is 16.2 Å². The summed E-state index contributed by atoms with van der Waals surface area (Å²) in [6.45, 7) is 0. The first-order valence-electron chi connectivity index (χ1n) is 5.87. The van der Waals surface area contributed by atoms with Gasteiger partial charge in [0.25, 0.3) is 0 Å². The summed E-state index contributed by atoms with van der Waals surface area (Å²) in [5.74, 6) is 0. The fourth-order valence-corrected chi connectivity index (χ4v) is 3.11. The number of nitrogens with zero attached hydrogens (tertiary/aromatic N) is 2. The van der Waals surface area contributed by atoms with Gasteiger partial charge in [0.1, 0.15) is 5.01 Å². The predicted octanol–water partition coefficient (Wildman–Crippen LogP) is 4.59. The van der Waals surface area contributed by atoms with Gasteiger partial charge in [-0.3, -0.25) is 4.98 Å². The third kappa shape index (κ3) is 2.69. The van der Waals surface area contributed by atoms with E-state index in [4.69, 9.17) is 0 Å². The van der Waals surface area contributed by atoms with Gasteiger partial charge in [-0.05, 0) is 36.1 Å². The Morgan fingerprint density at radius 3 is 2.53 bits per heavy atom. The van der Waals surface area contributed by atoms with Crippen LogP contribution in [-0.2, 0) is 0 Å². The molecule has 0 aliphatic rings. The van der Waals surface area contributed by atoms with E-state index < -0.39 is 0 Å². The molecule has 0 saturated carbocycles. The van der Waals surface area contributed by atoms with Crippen LogP contribution in [0.3, 0.4) is 0 Å². The van der Waals surface area contributed by atoms with Crippen LogP contribution in [0.2, 0.25) is 0 Å². The second-order valence-electron chi connectivity index (χ2n) is 4.00. The van der Waals surface area contributed by atoms with E-state index in [1.807, 2.05) is 24.5 Å². The number of aromatic nitrogens is 2. The van der Waals surface area contributed by atoms with Gasteiger partial charge in [0, 0.05) is 29.0 Å². The molecule has 2 nitrogen and oxygen atoms in total. The highest BCUT2D eigenvalue weighted by atomic mass is 32.2. The number of thioether (sulfide) groups is 1. The van der Waals surface area contributed by atoms with Gasteiger partial charge in [-0.25, -0.2) is 4.98 Å². The van der Waals surface area contributed by atoms with Crippen molar-refractivity contribution < 1.29 is 0 Å². The number of rotatable bonds is 3. The Kier molecular flexibility index (Phi) is 3.62. The van der Waals surface area contributed by atoms with E-state index in [0.29, 0.717) is 0 Å². The lowest BCUT2D eigenvalue weighted by molar-refractivity contribution is 1.31. The van der Waals surface area contributed by atoms with Gasteiger partial charge >= 0.3 is 0 Å². The highest BCUT2D eigenvalue weighted by Crippen LogP contribution is 2.32. The van der Waals surface area contributed by atoms with Crippen molar-refractivity contribution in [1.29, 1.82) is 0 Å². The summed E-state index contributed by atoms with van der Waals surface area (Å²) in [5, 5.41) is 1.01. The summed E-state index contributed by atoms with van der Waals surface area (Å²) in [5.41, 5.74) is 2.28. The van der Waals surface area contributed by atoms with E-state index >= 15 is 0 Å². The Morgan fingerprint density at radius 1 is 1.00 bits per heavy atom. The summed E-state index contributed by atoms with van der Waals surface area (Å²) in [6.07, 6.45) is 7.64. The van der Waals surface area contributed by atoms with Crippen molar-refractivity contribution in [2.75, 3.05) is 6.26 Å². The molecule has 0 N–H and O–H groups in total. The van der Waals surface area contributed by atoms with Crippen molar-refractivity contribution >= 4 is 23.1 Å². The van der Waals surface area contributed by atoms with Gasteiger partial charge in [-0.2, -0.15) is 0 Å². The molecule has 0 aliphatic heterocycles. The third-order valence-electron chi connectivity index (χ3n) is 2.79. The first-order valence-corrected chi connectivity index (χ1v) is 7.91. The highest BCUT2D eigenvalue weighted by molar-refractivity contribution is 7.98. The minimum atomic E-state index is 1.01. The molecule has 0 bridgehead atoms. The maximum Gasteiger partial charge on any atom is 0.125 e. The first kappa shape index (κ1) is 12.4. The Balaban J connectivity index is 1.92.